The molecule has 42 valence electrons. The molecule has 0 aromatic carbocycles. The van der Waals surface area contributed by atoms with Gasteiger partial charge in [0.15, 0.2) is 6.33 Å². The van der Waals surface area contributed by atoms with Crippen LogP contribution in [0.25, 0.3) is 0 Å². The zero-order chi connectivity index (χ0) is 5.82. The fraction of sp³-hybridized carbons (Fsp3) is 0. The van der Waals surface area contributed by atoms with Crippen LogP contribution in [0.1, 0.15) is 0 Å². The zero-order valence-corrected chi connectivity index (χ0v) is 4.06. The molecular weight excluding hydrogens is 108 g/mol. The van der Waals surface area contributed by atoms with Gasteiger partial charge in [0.25, 0.3) is 0 Å². The Morgan fingerprint density at radius 2 is 2.62 bits per heavy atom. The fourth-order valence-electron chi connectivity index (χ4n) is 0.278. The van der Waals surface area contributed by atoms with E-state index in [9.17, 15) is 0 Å². The van der Waals surface area contributed by atoms with Crippen LogP contribution in [0.2, 0.25) is 0 Å². The molecule has 0 spiro atoms. The Hall–Kier alpha value is -1.39. The predicted octanol–water partition coefficient (Wildman–Crippen LogP) is -0.755. The first-order valence-electron chi connectivity index (χ1n) is 1.94. The summed E-state index contributed by atoms with van der Waals surface area (Å²) in [6, 6.07) is 0. The molecule has 0 unspecified atom stereocenters. The molecule has 0 aliphatic carbocycles. The second kappa shape index (κ2) is 2.06. The number of hydrogen-bond donors (Lipinski definition) is 0. The summed E-state index contributed by atoms with van der Waals surface area (Å²) in [6.45, 7) is 3.30. The smallest absolute Gasteiger partial charge is 0.180 e. The molecule has 0 saturated heterocycles. The Kier molecular flexibility index (Phi) is 1.23. The Balaban J connectivity index is 2.62. The van der Waals surface area contributed by atoms with Crippen molar-refractivity contribution in [1.29, 1.82) is 0 Å². The lowest BCUT2D eigenvalue weighted by atomic mass is 11.2. The normalized spacial score (nSPS) is 8.50. The molecule has 0 atom stereocenters. The molecule has 0 bridgehead atoms. The van der Waals surface area contributed by atoms with Gasteiger partial charge in [0.2, 0.25) is 0 Å². The standard InChI is InChI=1S/C3H4N4O/c1-2-8-7-3-4-5-6-7/h2-3H,1H2. The third kappa shape index (κ3) is 0.810. The maximum absolute atomic E-state index is 4.59. The summed E-state index contributed by atoms with van der Waals surface area (Å²) in [5.41, 5.74) is 0. The molecule has 1 aromatic rings. The average molecular weight is 112 g/mol. The topological polar surface area (TPSA) is 52.8 Å². The van der Waals surface area contributed by atoms with Gasteiger partial charge >= 0.3 is 0 Å². The summed E-state index contributed by atoms with van der Waals surface area (Å²) in [7, 11) is 0. The molecular formula is C3H4N4O. The maximum atomic E-state index is 4.59. The van der Waals surface area contributed by atoms with Gasteiger partial charge in [0.05, 0.1) is 0 Å². The van der Waals surface area contributed by atoms with E-state index in [1.165, 1.54) is 12.6 Å². The van der Waals surface area contributed by atoms with Gasteiger partial charge in [-0.05, 0) is 10.4 Å². The number of aromatic nitrogens is 4. The van der Waals surface area contributed by atoms with E-state index in [-0.39, 0.29) is 0 Å². The quantitative estimate of drug-likeness (QED) is 0.472. The van der Waals surface area contributed by atoms with Crippen LogP contribution < -0.4 is 4.84 Å². The van der Waals surface area contributed by atoms with Gasteiger partial charge in [0.1, 0.15) is 6.26 Å². The lowest BCUT2D eigenvalue weighted by Gasteiger charge is -1.89. The minimum absolute atomic E-state index is 1.09. The lowest BCUT2D eigenvalue weighted by molar-refractivity contribution is 0.170. The second-order valence-corrected chi connectivity index (χ2v) is 0.984. The summed E-state index contributed by atoms with van der Waals surface area (Å²) < 4.78 is 0. The number of hydrogen-bond acceptors (Lipinski definition) is 4. The van der Waals surface area contributed by atoms with Crippen molar-refractivity contribution in [2.45, 2.75) is 0 Å². The first kappa shape index (κ1) is 4.76. The van der Waals surface area contributed by atoms with Gasteiger partial charge in [-0.3, -0.25) is 0 Å². The summed E-state index contributed by atoms with van der Waals surface area (Å²) in [5, 5.41) is 9.97. The predicted molar refractivity (Wildman–Crippen MR) is 24.6 cm³/mol. The van der Waals surface area contributed by atoms with Gasteiger partial charge in [-0.15, -0.1) is 5.10 Å². The molecule has 8 heavy (non-hydrogen) atoms. The molecule has 1 rings (SSSR count). The van der Waals surface area contributed by atoms with Gasteiger partial charge in [0, 0.05) is 0 Å². The van der Waals surface area contributed by atoms with Crippen LogP contribution in [0.15, 0.2) is 19.2 Å². The van der Waals surface area contributed by atoms with Gasteiger partial charge in [-0.2, -0.15) is 0 Å². The largest absolute Gasteiger partial charge is 0.364 e. The molecule has 0 amide bonds. The first-order valence-corrected chi connectivity index (χ1v) is 1.94. The summed E-state index contributed by atoms with van der Waals surface area (Å²) >= 11 is 0. The number of rotatable bonds is 2. The van der Waals surface area contributed by atoms with Crippen LogP contribution in [0, 0.1) is 0 Å². The van der Waals surface area contributed by atoms with E-state index in [4.69, 9.17) is 0 Å². The molecule has 0 fully saturated rings. The van der Waals surface area contributed by atoms with Gasteiger partial charge in [-0.1, -0.05) is 11.4 Å². The Morgan fingerprint density at radius 1 is 1.75 bits per heavy atom. The summed E-state index contributed by atoms with van der Waals surface area (Å²) in [6.07, 6.45) is 2.55. The minimum Gasteiger partial charge on any atom is -0.364 e. The van der Waals surface area contributed by atoms with Crippen LogP contribution in [0.4, 0.5) is 0 Å². The second-order valence-electron chi connectivity index (χ2n) is 0.984. The molecule has 0 radical (unpaired) electrons. The highest BCUT2D eigenvalue weighted by Crippen LogP contribution is 1.67. The summed E-state index contributed by atoms with van der Waals surface area (Å²) in [5.74, 6) is 0. The molecule has 0 N–H and O–H groups in total. The fourth-order valence-corrected chi connectivity index (χ4v) is 0.278. The highest BCUT2D eigenvalue weighted by Gasteiger charge is 1.82. The van der Waals surface area contributed by atoms with E-state index in [1.807, 2.05) is 0 Å². The van der Waals surface area contributed by atoms with Crippen molar-refractivity contribution < 1.29 is 4.84 Å². The van der Waals surface area contributed by atoms with Crippen LogP contribution in [-0.2, 0) is 0 Å². The van der Waals surface area contributed by atoms with Crippen molar-refractivity contribution in [3.05, 3.63) is 19.2 Å². The van der Waals surface area contributed by atoms with E-state index >= 15 is 0 Å². The SMILES string of the molecule is C=COn1cnnn1. The van der Waals surface area contributed by atoms with Crippen LogP contribution in [0.3, 0.4) is 0 Å². The first-order chi connectivity index (χ1) is 3.93. The van der Waals surface area contributed by atoms with E-state index in [0.717, 1.165) is 4.85 Å². The molecule has 1 heterocycles. The van der Waals surface area contributed by atoms with Gasteiger partial charge < -0.3 is 4.84 Å². The number of tetrazole rings is 1. The minimum atomic E-state index is 1.09. The van der Waals surface area contributed by atoms with Crippen molar-refractivity contribution in [2.24, 2.45) is 0 Å². The highest BCUT2D eigenvalue weighted by atomic mass is 16.7. The van der Waals surface area contributed by atoms with Crippen LogP contribution in [0.5, 0.6) is 0 Å². The molecule has 5 nitrogen and oxygen atoms in total. The number of nitrogens with zero attached hydrogens (tertiary/aromatic N) is 4. The van der Waals surface area contributed by atoms with Crippen molar-refractivity contribution in [3.63, 3.8) is 0 Å². The van der Waals surface area contributed by atoms with Crippen molar-refractivity contribution in [2.75, 3.05) is 0 Å². The van der Waals surface area contributed by atoms with Crippen LogP contribution in [-0.4, -0.2) is 20.4 Å². The zero-order valence-electron chi connectivity index (χ0n) is 4.06. The van der Waals surface area contributed by atoms with Crippen molar-refractivity contribution in [3.8, 4) is 0 Å². The van der Waals surface area contributed by atoms with Crippen molar-refractivity contribution in [1.82, 2.24) is 20.4 Å². The van der Waals surface area contributed by atoms with E-state index < -0.39 is 0 Å². The molecule has 0 saturated carbocycles. The Labute approximate surface area is 45.5 Å². The highest BCUT2D eigenvalue weighted by molar-refractivity contribution is 4.48. The maximum Gasteiger partial charge on any atom is 0.180 e. The summed E-state index contributed by atoms with van der Waals surface area (Å²) in [4.78, 5) is 5.68. The lowest BCUT2D eigenvalue weighted by Crippen LogP contribution is -2.04. The van der Waals surface area contributed by atoms with Gasteiger partial charge in [-0.25, -0.2) is 0 Å². The molecule has 0 aliphatic heterocycles. The average Bonchev–Trinajstić information content (AvgIpc) is 2.19. The Bertz CT molecular complexity index is 158. The van der Waals surface area contributed by atoms with E-state index in [2.05, 4.69) is 26.9 Å². The Morgan fingerprint density at radius 3 is 3.12 bits per heavy atom. The van der Waals surface area contributed by atoms with E-state index in [0.29, 0.717) is 0 Å². The molecule has 0 aliphatic rings. The molecule has 5 heteroatoms. The third-order valence-electron chi connectivity index (χ3n) is 0.513. The molecule has 1 aromatic heterocycles. The third-order valence-corrected chi connectivity index (χ3v) is 0.513. The van der Waals surface area contributed by atoms with Crippen LogP contribution >= 0.6 is 0 Å². The van der Waals surface area contributed by atoms with E-state index in [1.54, 1.807) is 0 Å². The van der Waals surface area contributed by atoms with Crippen molar-refractivity contribution >= 4 is 0 Å². The monoisotopic (exact) mass is 112 g/mol.